The first kappa shape index (κ1) is 15.4. The number of carboxylic acids is 1. The zero-order valence-electron chi connectivity index (χ0n) is 9.38. The summed E-state index contributed by atoms with van der Waals surface area (Å²) in [7, 11) is 0. The van der Waals surface area contributed by atoms with Crippen molar-refractivity contribution in [2.75, 3.05) is 6.61 Å². The van der Waals surface area contributed by atoms with E-state index in [1.807, 2.05) is 0 Å². The van der Waals surface area contributed by atoms with E-state index in [1.54, 1.807) is 0 Å². The number of benzene rings is 1. The highest BCUT2D eigenvalue weighted by molar-refractivity contribution is 5.87. The Morgan fingerprint density at radius 1 is 1.21 bits per heavy atom. The Balaban J connectivity index is 2.59. The van der Waals surface area contributed by atoms with Crippen molar-refractivity contribution in [2.24, 2.45) is 0 Å². The van der Waals surface area contributed by atoms with Crippen molar-refractivity contribution >= 4 is 5.97 Å². The quantitative estimate of drug-likeness (QED) is 0.845. The van der Waals surface area contributed by atoms with E-state index in [-0.39, 0.29) is 11.1 Å². The molecule has 0 aliphatic carbocycles. The van der Waals surface area contributed by atoms with Crippen LogP contribution in [-0.2, 0) is 11.3 Å². The molecule has 0 amide bonds. The number of hydrogen-bond acceptors (Lipinski definition) is 2. The summed E-state index contributed by atoms with van der Waals surface area (Å²) < 4.78 is 64.7. The van der Waals surface area contributed by atoms with Gasteiger partial charge < -0.3 is 9.84 Å². The van der Waals surface area contributed by atoms with E-state index < -0.39 is 31.3 Å². The molecule has 0 aliphatic heterocycles. The third-order valence-electron chi connectivity index (χ3n) is 2.14. The van der Waals surface area contributed by atoms with Crippen LogP contribution in [0.15, 0.2) is 24.3 Å². The fourth-order valence-corrected chi connectivity index (χ4v) is 1.17. The summed E-state index contributed by atoms with van der Waals surface area (Å²) in [5.74, 6) is -6.17. The monoisotopic (exact) mass is 284 g/mol. The minimum Gasteiger partial charge on any atom is -0.478 e. The molecule has 0 aliphatic rings. The van der Waals surface area contributed by atoms with Gasteiger partial charge in [-0.1, -0.05) is 12.1 Å². The topological polar surface area (TPSA) is 46.5 Å². The molecule has 0 bridgehead atoms. The second-order valence-electron chi connectivity index (χ2n) is 3.70. The molecule has 1 aromatic carbocycles. The number of carbonyl (C=O) groups is 1. The molecule has 0 radical (unpaired) electrons. The van der Waals surface area contributed by atoms with Gasteiger partial charge in [0.2, 0.25) is 0 Å². The maximum atomic E-state index is 12.5. The molecule has 0 unspecified atom stereocenters. The molecule has 0 fully saturated rings. The Morgan fingerprint density at radius 3 is 2.37 bits per heavy atom. The summed E-state index contributed by atoms with van der Waals surface area (Å²) in [4.78, 5) is 10.6. The maximum absolute atomic E-state index is 12.5. The predicted molar refractivity (Wildman–Crippen MR) is 54.1 cm³/mol. The molecule has 19 heavy (non-hydrogen) atoms. The molecular weight excluding hydrogens is 275 g/mol. The van der Waals surface area contributed by atoms with Crippen molar-refractivity contribution < 1.29 is 36.6 Å². The Morgan fingerprint density at radius 2 is 1.84 bits per heavy atom. The van der Waals surface area contributed by atoms with Crippen LogP contribution in [0.2, 0.25) is 0 Å². The third kappa shape index (κ3) is 4.16. The summed E-state index contributed by atoms with van der Waals surface area (Å²) in [5, 5.41) is 8.66. The Labute approximate surface area is 104 Å². The van der Waals surface area contributed by atoms with Crippen LogP contribution in [0.4, 0.5) is 22.0 Å². The van der Waals surface area contributed by atoms with Gasteiger partial charge in [0.15, 0.2) is 0 Å². The second kappa shape index (κ2) is 5.52. The summed E-state index contributed by atoms with van der Waals surface area (Å²) in [5.41, 5.74) is 0.0848. The average Bonchev–Trinajstić information content (AvgIpc) is 2.27. The second-order valence-corrected chi connectivity index (χ2v) is 3.70. The van der Waals surface area contributed by atoms with Crippen molar-refractivity contribution in [2.45, 2.75) is 18.7 Å². The summed E-state index contributed by atoms with van der Waals surface area (Å²) in [6.07, 6.45) is -5.67. The fourth-order valence-electron chi connectivity index (χ4n) is 1.17. The molecule has 0 saturated carbocycles. The van der Waals surface area contributed by atoms with E-state index in [2.05, 4.69) is 4.74 Å². The molecule has 3 nitrogen and oxygen atoms in total. The maximum Gasteiger partial charge on any atom is 0.455 e. The van der Waals surface area contributed by atoms with E-state index in [1.165, 1.54) is 18.2 Å². The largest absolute Gasteiger partial charge is 0.478 e. The smallest absolute Gasteiger partial charge is 0.455 e. The molecule has 106 valence electrons. The van der Waals surface area contributed by atoms with E-state index in [4.69, 9.17) is 5.11 Å². The van der Waals surface area contributed by atoms with Crippen LogP contribution in [0, 0.1) is 0 Å². The van der Waals surface area contributed by atoms with Crippen molar-refractivity contribution in [1.29, 1.82) is 0 Å². The highest BCUT2D eigenvalue weighted by atomic mass is 19.4. The standard InChI is InChI=1S/C11H9F5O3/c12-10(13,11(14,15)16)6-19-5-7-2-1-3-8(4-7)9(17)18/h1-4H,5-6H2,(H,17,18). The highest BCUT2D eigenvalue weighted by Gasteiger charge is 2.57. The molecule has 0 atom stereocenters. The van der Waals surface area contributed by atoms with Crippen molar-refractivity contribution in [3.63, 3.8) is 0 Å². The minimum atomic E-state index is -5.67. The van der Waals surface area contributed by atoms with Gasteiger partial charge in [-0.25, -0.2) is 4.79 Å². The summed E-state index contributed by atoms with van der Waals surface area (Å²) >= 11 is 0. The molecule has 1 aromatic rings. The van der Waals surface area contributed by atoms with E-state index in [0.29, 0.717) is 0 Å². The Bertz CT molecular complexity index is 456. The molecule has 0 heterocycles. The molecule has 1 N–H and O–H groups in total. The van der Waals surface area contributed by atoms with Gasteiger partial charge in [-0.2, -0.15) is 22.0 Å². The van der Waals surface area contributed by atoms with Crippen LogP contribution in [0.1, 0.15) is 15.9 Å². The predicted octanol–water partition coefficient (Wildman–Crippen LogP) is 3.10. The number of aromatic carboxylic acids is 1. The third-order valence-corrected chi connectivity index (χ3v) is 2.14. The summed E-state index contributed by atoms with van der Waals surface area (Å²) in [6.45, 7) is -2.35. The van der Waals surface area contributed by atoms with Crippen LogP contribution in [-0.4, -0.2) is 29.8 Å². The lowest BCUT2D eigenvalue weighted by Crippen LogP contribution is -2.40. The average molecular weight is 284 g/mol. The number of ether oxygens (including phenoxy) is 1. The minimum absolute atomic E-state index is 0.108. The van der Waals surface area contributed by atoms with Crippen LogP contribution in [0.25, 0.3) is 0 Å². The summed E-state index contributed by atoms with van der Waals surface area (Å²) in [6, 6.07) is 5.09. The highest BCUT2D eigenvalue weighted by Crippen LogP contribution is 2.35. The van der Waals surface area contributed by atoms with Crippen molar-refractivity contribution in [3.8, 4) is 0 Å². The molecule has 8 heteroatoms. The SMILES string of the molecule is O=C(O)c1cccc(COCC(F)(F)C(F)(F)F)c1. The molecule has 0 spiro atoms. The van der Waals surface area contributed by atoms with Gasteiger partial charge in [0.05, 0.1) is 12.2 Å². The number of halogens is 5. The molecule has 1 rings (SSSR count). The Kier molecular flexibility index (Phi) is 4.46. The van der Waals surface area contributed by atoms with Gasteiger partial charge in [-0.15, -0.1) is 0 Å². The van der Waals surface area contributed by atoms with Gasteiger partial charge in [-0.3, -0.25) is 0 Å². The Hall–Kier alpha value is -1.70. The van der Waals surface area contributed by atoms with Gasteiger partial charge in [-0.05, 0) is 17.7 Å². The van der Waals surface area contributed by atoms with Gasteiger partial charge in [0.1, 0.15) is 6.61 Å². The zero-order valence-corrected chi connectivity index (χ0v) is 9.38. The first-order valence-corrected chi connectivity index (χ1v) is 4.98. The first-order chi connectivity index (χ1) is 8.63. The van der Waals surface area contributed by atoms with Crippen LogP contribution < -0.4 is 0 Å². The van der Waals surface area contributed by atoms with Crippen LogP contribution in [0.3, 0.4) is 0 Å². The molecule has 0 aromatic heterocycles. The zero-order chi connectivity index (χ0) is 14.7. The fraction of sp³-hybridized carbons (Fsp3) is 0.364. The molecule has 0 saturated heterocycles. The van der Waals surface area contributed by atoms with Crippen LogP contribution in [0.5, 0.6) is 0 Å². The van der Waals surface area contributed by atoms with Crippen LogP contribution >= 0.6 is 0 Å². The number of alkyl halides is 5. The van der Waals surface area contributed by atoms with Gasteiger partial charge in [0, 0.05) is 0 Å². The van der Waals surface area contributed by atoms with Gasteiger partial charge >= 0.3 is 18.1 Å². The lowest BCUT2D eigenvalue weighted by Gasteiger charge is -2.19. The van der Waals surface area contributed by atoms with E-state index in [0.717, 1.165) is 6.07 Å². The van der Waals surface area contributed by atoms with E-state index in [9.17, 15) is 26.7 Å². The lowest BCUT2D eigenvalue weighted by molar-refractivity contribution is -0.297. The van der Waals surface area contributed by atoms with Crippen molar-refractivity contribution in [3.05, 3.63) is 35.4 Å². The van der Waals surface area contributed by atoms with E-state index >= 15 is 0 Å². The lowest BCUT2D eigenvalue weighted by atomic mass is 10.1. The normalized spacial score (nSPS) is 12.5. The van der Waals surface area contributed by atoms with Crippen molar-refractivity contribution in [1.82, 2.24) is 0 Å². The number of rotatable bonds is 5. The first-order valence-electron chi connectivity index (χ1n) is 4.98. The molecular formula is C11H9F5O3. The number of hydrogen-bond donors (Lipinski definition) is 1. The van der Waals surface area contributed by atoms with Gasteiger partial charge in [0.25, 0.3) is 0 Å². The number of carboxylic acid groups (broad SMARTS) is 1.